The number of carbonyl (C=O) groups is 1. The van der Waals surface area contributed by atoms with Crippen LogP contribution in [-0.2, 0) is 4.79 Å². The van der Waals surface area contributed by atoms with Gasteiger partial charge in [0.2, 0.25) is 0 Å². The van der Waals surface area contributed by atoms with Crippen molar-refractivity contribution in [2.45, 2.75) is 66.4 Å². The van der Waals surface area contributed by atoms with E-state index < -0.39 is 5.60 Å². The Labute approximate surface area is 100 Å². The smallest absolute Gasteiger partial charge is 0.136 e. The molecular formula is C14H28O2. The van der Waals surface area contributed by atoms with E-state index >= 15 is 0 Å². The van der Waals surface area contributed by atoms with E-state index in [-0.39, 0.29) is 5.92 Å². The second-order valence-electron chi connectivity index (χ2n) is 6.05. The third kappa shape index (κ3) is 6.26. The molecule has 0 amide bonds. The van der Waals surface area contributed by atoms with Gasteiger partial charge in [-0.25, -0.2) is 0 Å². The highest BCUT2D eigenvalue weighted by atomic mass is 16.3. The SMILES string of the molecule is CCC(C)CC(=O)C(CC(C)(C)O)C(C)C. The number of aliphatic hydroxyl groups is 1. The van der Waals surface area contributed by atoms with Crippen LogP contribution in [0.3, 0.4) is 0 Å². The first-order valence-corrected chi connectivity index (χ1v) is 6.42. The fraction of sp³-hybridized carbons (Fsp3) is 0.929. The molecule has 2 nitrogen and oxygen atoms in total. The molecule has 0 spiro atoms. The molecule has 0 saturated carbocycles. The summed E-state index contributed by atoms with van der Waals surface area (Å²) in [4.78, 5) is 12.1. The number of rotatable bonds is 7. The van der Waals surface area contributed by atoms with Gasteiger partial charge in [0, 0.05) is 12.3 Å². The van der Waals surface area contributed by atoms with Gasteiger partial charge in [0.05, 0.1) is 5.60 Å². The second kappa shape index (κ2) is 6.39. The highest BCUT2D eigenvalue weighted by Gasteiger charge is 2.28. The first-order chi connectivity index (χ1) is 7.17. The van der Waals surface area contributed by atoms with Gasteiger partial charge in [-0.05, 0) is 32.1 Å². The van der Waals surface area contributed by atoms with E-state index in [1.54, 1.807) is 13.8 Å². The minimum absolute atomic E-state index is 0.00556. The summed E-state index contributed by atoms with van der Waals surface area (Å²) < 4.78 is 0. The van der Waals surface area contributed by atoms with Crippen LogP contribution >= 0.6 is 0 Å². The standard InChI is InChI=1S/C14H28O2/c1-7-11(4)8-13(15)12(10(2)3)9-14(5,6)16/h10-12,16H,7-9H2,1-6H3. The minimum atomic E-state index is -0.750. The van der Waals surface area contributed by atoms with Crippen LogP contribution in [0, 0.1) is 17.8 Å². The fourth-order valence-corrected chi connectivity index (χ4v) is 1.90. The van der Waals surface area contributed by atoms with Gasteiger partial charge in [-0.1, -0.05) is 34.1 Å². The predicted molar refractivity (Wildman–Crippen MR) is 68.3 cm³/mol. The molecule has 96 valence electrons. The molecule has 0 aromatic heterocycles. The topological polar surface area (TPSA) is 37.3 Å². The van der Waals surface area contributed by atoms with E-state index in [0.29, 0.717) is 30.5 Å². The Morgan fingerprint density at radius 3 is 2.06 bits per heavy atom. The molecule has 2 unspecified atom stereocenters. The number of hydrogen-bond acceptors (Lipinski definition) is 2. The van der Waals surface area contributed by atoms with Gasteiger partial charge in [-0.2, -0.15) is 0 Å². The first-order valence-electron chi connectivity index (χ1n) is 6.42. The van der Waals surface area contributed by atoms with Gasteiger partial charge in [-0.15, -0.1) is 0 Å². The molecule has 0 fully saturated rings. The van der Waals surface area contributed by atoms with Gasteiger partial charge in [0.15, 0.2) is 0 Å². The maximum Gasteiger partial charge on any atom is 0.136 e. The van der Waals surface area contributed by atoms with Crippen LogP contribution in [0.15, 0.2) is 0 Å². The molecule has 0 aliphatic rings. The third-order valence-electron chi connectivity index (χ3n) is 3.18. The van der Waals surface area contributed by atoms with Gasteiger partial charge < -0.3 is 5.11 Å². The molecule has 0 aliphatic heterocycles. The molecule has 0 radical (unpaired) electrons. The Morgan fingerprint density at radius 2 is 1.75 bits per heavy atom. The van der Waals surface area contributed by atoms with Gasteiger partial charge in [0.1, 0.15) is 5.78 Å². The summed E-state index contributed by atoms with van der Waals surface area (Å²) in [7, 11) is 0. The van der Waals surface area contributed by atoms with Crippen LogP contribution in [0.1, 0.15) is 60.8 Å². The van der Waals surface area contributed by atoms with Crippen molar-refractivity contribution in [2.75, 3.05) is 0 Å². The van der Waals surface area contributed by atoms with Crippen LogP contribution in [0.4, 0.5) is 0 Å². The van der Waals surface area contributed by atoms with Crippen molar-refractivity contribution in [1.82, 2.24) is 0 Å². The lowest BCUT2D eigenvalue weighted by molar-refractivity contribution is -0.127. The van der Waals surface area contributed by atoms with Crippen molar-refractivity contribution in [3.63, 3.8) is 0 Å². The number of hydrogen-bond donors (Lipinski definition) is 1. The third-order valence-corrected chi connectivity index (χ3v) is 3.18. The molecular weight excluding hydrogens is 200 g/mol. The largest absolute Gasteiger partial charge is 0.390 e. The van der Waals surface area contributed by atoms with E-state index in [4.69, 9.17) is 0 Å². The fourth-order valence-electron chi connectivity index (χ4n) is 1.90. The van der Waals surface area contributed by atoms with E-state index in [1.807, 2.05) is 0 Å². The molecule has 16 heavy (non-hydrogen) atoms. The number of carbonyl (C=O) groups excluding carboxylic acids is 1. The maximum atomic E-state index is 12.1. The van der Waals surface area contributed by atoms with E-state index in [0.717, 1.165) is 6.42 Å². The first kappa shape index (κ1) is 15.6. The van der Waals surface area contributed by atoms with Gasteiger partial charge in [0.25, 0.3) is 0 Å². The number of Topliss-reactive ketones (excluding diaryl/α,β-unsaturated/α-hetero) is 1. The predicted octanol–water partition coefficient (Wildman–Crippen LogP) is 3.42. The van der Waals surface area contributed by atoms with Crippen molar-refractivity contribution in [2.24, 2.45) is 17.8 Å². The molecule has 0 heterocycles. The maximum absolute atomic E-state index is 12.1. The number of ketones is 1. The van der Waals surface area contributed by atoms with Gasteiger partial charge in [-0.3, -0.25) is 4.79 Å². The lowest BCUT2D eigenvalue weighted by Crippen LogP contribution is -2.31. The van der Waals surface area contributed by atoms with Crippen LogP contribution < -0.4 is 0 Å². The van der Waals surface area contributed by atoms with E-state index in [9.17, 15) is 9.90 Å². The van der Waals surface area contributed by atoms with E-state index in [1.165, 1.54) is 0 Å². The summed E-state index contributed by atoms with van der Waals surface area (Å²) in [5, 5.41) is 9.82. The van der Waals surface area contributed by atoms with Crippen LogP contribution in [0.25, 0.3) is 0 Å². The molecule has 1 N–H and O–H groups in total. The zero-order chi connectivity index (χ0) is 12.9. The molecule has 0 rings (SSSR count). The van der Waals surface area contributed by atoms with Crippen molar-refractivity contribution >= 4 is 5.78 Å². The highest BCUT2D eigenvalue weighted by molar-refractivity contribution is 5.81. The van der Waals surface area contributed by atoms with Crippen LogP contribution in [0.5, 0.6) is 0 Å². The monoisotopic (exact) mass is 228 g/mol. The van der Waals surface area contributed by atoms with Crippen LogP contribution in [0.2, 0.25) is 0 Å². The second-order valence-corrected chi connectivity index (χ2v) is 6.05. The molecule has 0 saturated heterocycles. The summed E-state index contributed by atoms with van der Waals surface area (Å²) >= 11 is 0. The summed E-state index contributed by atoms with van der Waals surface area (Å²) in [6, 6.07) is 0. The summed E-state index contributed by atoms with van der Waals surface area (Å²) in [5.74, 6) is 1.07. The zero-order valence-corrected chi connectivity index (χ0v) is 11.7. The summed E-state index contributed by atoms with van der Waals surface area (Å²) in [6.07, 6.45) is 2.26. The Kier molecular flexibility index (Phi) is 6.24. The molecule has 2 atom stereocenters. The Hall–Kier alpha value is -0.370. The summed E-state index contributed by atoms with van der Waals surface area (Å²) in [6.45, 7) is 11.9. The molecule has 0 aliphatic carbocycles. The lowest BCUT2D eigenvalue weighted by atomic mass is 9.80. The molecule has 0 aromatic carbocycles. The Bertz CT molecular complexity index is 213. The Balaban J connectivity index is 4.48. The molecule has 0 aromatic rings. The van der Waals surface area contributed by atoms with Crippen molar-refractivity contribution in [3.05, 3.63) is 0 Å². The quantitative estimate of drug-likeness (QED) is 0.725. The van der Waals surface area contributed by atoms with Gasteiger partial charge >= 0.3 is 0 Å². The van der Waals surface area contributed by atoms with Crippen molar-refractivity contribution < 1.29 is 9.90 Å². The minimum Gasteiger partial charge on any atom is -0.390 e. The Morgan fingerprint density at radius 1 is 1.25 bits per heavy atom. The average molecular weight is 228 g/mol. The van der Waals surface area contributed by atoms with Crippen molar-refractivity contribution in [3.8, 4) is 0 Å². The highest BCUT2D eigenvalue weighted by Crippen LogP contribution is 2.26. The average Bonchev–Trinajstić information content (AvgIpc) is 2.12. The lowest BCUT2D eigenvalue weighted by Gasteiger charge is -2.27. The van der Waals surface area contributed by atoms with Crippen molar-refractivity contribution in [1.29, 1.82) is 0 Å². The molecule has 0 bridgehead atoms. The molecule has 2 heteroatoms. The van der Waals surface area contributed by atoms with E-state index in [2.05, 4.69) is 27.7 Å². The van der Waals surface area contributed by atoms with Crippen LogP contribution in [-0.4, -0.2) is 16.5 Å². The normalized spacial score (nSPS) is 16.2. The summed E-state index contributed by atoms with van der Waals surface area (Å²) in [5.41, 5.74) is -0.750. The zero-order valence-electron chi connectivity index (χ0n) is 11.7.